The van der Waals surface area contributed by atoms with Crippen molar-refractivity contribution >= 4 is 21.9 Å². The predicted octanol–water partition coefficient (Wildman–Crippen LogP) is 3.35. The number of benzene rings is 1. The van der Waals surface area contributed by atoms with Gasteiger partial charge in [0.2, 0.25) is 0 Å². The van der Waals surface area contributed by atoms with Crippen molar-refractivity contribution in [2.45, 2.75) is 32.2 Å². The van der Waals surface area contributed by atoms with Gasteiger partial charge in [-0.1, -0.05) is 28.1 Å². The van der Waals surface area contributed by atoms with Crippen LogP contribution in [0.1, 0.15) is 32.3 Å². The molecule has 1 aromatic rings. The lowest BCUT2D eigenvalue weighted by molar-refractivity contribution is -0.141. The third kappa shape index (κ3) is 3.18. The smallest absolute Gasteiger partial charge is 0.308 e. The van der Waals surface area contributed by atoms with Gasteiger partial charge in [0.1, 0.15) is 0 Å². The molecule has 2 rings (SSSR count). The number of likely N-dealkylation sites (tertiary alicyclic amines) is 1. The van der Waals surface area contributed by atoms with Crippen LogP contribution in [0.3, 0.4) is 0 Å². The van der Waals surface area contributed by atoms with E-state index in [9.17, 15) is 9.90 Å². The van der Waals surface area contributed by atoms with E-state index >= 15 is 0 Å². The summed E-state index contributed by atoms with van der Waals surface area (Å²) in [5.74, 6) is -0.940. The summed E-state index contributed by atoms with van der Waals surface area (Å²) in [5.41, 5.74) is 1.13. The van der Waals surface area contributed by atoms with Crippen LogP contribution in [-0.4, -0.2) is 34.6 Å². The maximum atomic E-state index is 11.5. The Labute approximate surface area is 122 Å². The van der Waals surface area contributed by atoms with Gasteiger partial charge in [0, 0.05) is 29.0 Å². The second-order valence-corrected chi connectivity index (χ2v) is 7.09. The normalized spacial score (nSPS) is 24.6. The minimum Gasteiger partial charge on any atom is -0.481 e. The van der Waals surface area contributed by atoms with Crippen LogP contribution in [-0.2, 0) is 4.79 Å². The van der Waals surface area contributed by atoms with Crippen molar-refractivity contribution in [1.29, 1.82) is 0 Å². The molecule has 1 fully saturated rings. The Morgan fingerprint density at radius 3 is 2.32 bits per heavy atom. The van der Waals surface area contributed by atoms with Gasteiger partial charge in [-0.25, -0.2) is 0 Å². The molecule has 0 saturated carbocycles. The summed E-state index contributed by atoms with van der Waals surface area (Å²) in [7, 11) is 0. The van der Waals surface area contributed by atoms with Crippen molar-refractivity contribution in [3.05, 3.63) is 34.3 Å². The largest absolute Gasteiger partial charge is 0.481 e. The van der Waals surface area contributed by atoms with Crippen LogP contribution in [0.25, 0.3) is 0 Å². The highest BCUT2D eigenvalue weighted by Gasteiger charge is 2.41. The third-order valence-corrected chi connectivity index (χ3v) is 4.41. The van der Waals surface area contributed by atoms with E-state index in [0.717, 1.165) is 16.6 Å². The van der Waals surface area contributed by atoms with Crippen LogP contribution >= 0.6 is 15.9 Å². The zero-order valence-electron chi connectivity index (χ0n) is 11.6. The van der Waals surface area contributed by atoms with E-state index in [2.05, 4.69) is 41.6 Å². The fourth-order valence-electron chi connectivity index (χ4n) is 2.65. The van der Waals surface area contributed by atoms with Gasteiger partial charge in [-0.15, -0.1) is 0 Å². The minimum atomic E-state index is -0.695. The van der Waals surface area contributed by atoms with Crippen LogP contribution in [0.15, 0.2) is 28.7 Å². The van der Waals surface area contributed by atoms with Gasteiger partial charge < -0.3 is 5.11 Å². The maximum absolute atomic E-state index is 11.5. The molecule has 0 aromatic heterocycles. The first-order chi connectivity index (χ1) is 8.79. The molecule has 0 radical (unpaired) electrons. The highest BCUT2D eigenvalue weighted by molar-refractivity contribution is 9.10. The fourth-order valence-corrected chi connectivity index (χ4v) is 2.91. The van der Waals surface area contributed by atoms with Crippen LogP contribution in [0, 0.1) is 5.92 Å². The average molecular weight is 326 g/mol. The molecule has 2 atom stereocenters. The van der Waals surface area contributed by atoms with Crippen molar-refractivity contribution in [3.8, 4) is 0 Å². The number of carboxylic acid groups (broad SMARTS) is 1. The molecular weight excluding hydrogens is 306 g/mol. The molecule has 19 heavy (non-hydrogen) atoms. The van der Waals surface area contributed by atoms with Crippen molar-refractivity contribution in [1.82, 2.24) is 4.90 Å². The summed E-state index contributed by atoms with van der Waals surface area (Å²) in [5, 5.41) is 9.45. The molecule has 0 bridgehead atoms. The number of nitrogens with zero attached hydrogens (tertiary/aromatic N) is 1. The molecular formula is C15H20BrNO2. The zero-order valence-corrected chi connectivity index (χ0v) is 13.1. The number of hydrogen-bond acceptors (Lipinski definition) is 2. The van der Waals surface area contributed by atoms with Crippen LogP contribution < -0.4 is 0 Å². The summed E-state index contributed by atoms with van der Waals surface area (Å²) in [4.78, 5) is 13.8. The van der Waals surface area contributed by atoms with E-state index in [1.807, 2.05) is 24.3 Å². The topological polar surface area (TPSA) is 40.5 Å². The second-order valence-electron chi connectivity index (χ2n) is 6.18. The summed E-state index contributed by atoms with van der Waals surface area (Å²) in [6.07, 6.45) is 0. The van der Waals surface area contributed by atoms with Gasteiger partial charge >= 0.3 is 5.97 Å². The predicted molar refractivity (Wildman–Crippen MR) is 79.3 cm³/mol. The first-order valence-corrected chi connectivity index (χ1v) is 7.31. The standard InChI is InChI=1S/C15H20BrNO2/c1-15(2,3)17-8-12(13(9-17)14(18)19)10-4-6-11(16)7-5-10/h4-7,12-13H,8-9H2,1-3H3,(H,18,19)/t12-,13+/m0/s1. The SMILES string of the molecule is CC(C)(C)N1C[C@@H](C(=O)O)[C@H](c2ccc(Br)cc2)C1. The van der Waals surface area contributed by atoms with Crippen molar-refractivity contribution in [2.24, 2.45) is 5.92 Å². The number of carboxylic acids is 1. The number of rotatable bonds is 2. The van der Waals surface area contributed by atoms with Gasteiger partial charge in [-0.05, 0) is 38.5 Å². The summed E-state index contributed by atoms with van der Waals surface area (Å²) < 4.78 is 1.02. The molecule has 0 unspecified atom stereocenters. The second kappa shape index (κ2) is 5.25. The highest BCUT2D eigenvalue weighted by atomic mass is 79.9. The van der Waals surface area contributed by atoms with Crippen LogP contribution in [0.4, 0.5) is 0 Å². The quantitative estimate of drug-likeness (QED) is 0.906. The van der Waals surface area contributed by atoms with E-state index in [1.165, 1.54) is 0 Å². The first-order valence-electron chi connectivity index (χ1n) is 6.52. The number of carbonyl (C=O) groups is 1. The van der Waals surface area contributed by atoms with E-state index in [-0.39, 0.29) is 17.4 Å². The van der Waals surface area contributed by atoms with Crippen LogP contribution in [0.5, 0.6) is 0 Å². The Balaban J connectivity index is 2.27. The maximum Gasteiger partial charge on any atom is 0.308 e. The van der Waals surface area contributed by atoms with E-state index < -0.39 is 5.97 Å². The molecule has 1 heterocycles. The Bertz CT molecular complexity index is 464. The molecule has 1 aliphatic rings. The molecule has 0 aliphatic carbocycles. The third-order valence-electron chi connectivity index (χ3n) is 3.88. The van der Waals surface area contributed by atoms with E-state index in [4.69, 9.17) is 0 Å². The Morgan fingerprint density at radius 2 is 1.84 bits per heavy atom. The molecule has 0 amide bonds. The van der Waals surface area contributed by atoms with E-state index in [1.54, 1.807) is 0 Å². The Kier molecular flexibility index (Phi) is 4.02. The number of hydrogen-bond donors (Lipinski definition) is 1. The molecule has 1 N–H and O–H groups in total. The molecule has 1 saturated heterocycles. The highest BCUT2D eigenvalue weighted by Crippen LogP contribution is 2.36. The van der Waals surface area contributed by atoms with Gasteiger partial charge in [-0.3, -0.25) is 9.69 Å². The Morgan fingerprint density at radius 1 is 1.26 bits per heavy atom. The van der Waals surface area contributed by atoms with Gasteiger partial charge in [-0.2, -0.15) is 0 Å². The summed E-state index contributed by atoms with van der Waals surface area (Å²) in [6, 6.07) is 8.01. The molecule has 4 heteroatoms. The number of aliphatic carboxylic acids is 1. The molecule has 3 nitrogen and oxygen atoms in total. The van der Waals surface area contributed by atoms with Crippen molar-refractivity contribution in [2.75, 3.05) is 13.1 Å². The monoisotopic (exact) mass is 325 g/mol. The fraction of sp³-hybridized carbons (Fsp3) is 0.533. The van der Waals surface area contributed by atoms with Crippen molar-refractivity contribution in [3.63, 3.8) is 0 Å². The summed E-state index contributed by atoms with van der Waals surface area (Å²) in [6.45, 7) is 7.84. The van der Waals surface area contributed by atoms with Crippen molar-refractivity contribution < 1.29 is 9.90 Å². The minimum absolute atomic E-state index is 0.0117. The number of halogens is 1. The lowest BCUT2D eigenvalue weighted by atomic mass is 9.89. The average Bonchev–Trinajstić information content (AvgIpc) is 2.74. The van der Waals surface area contributed by atoms with Gasteiger partial charge in [0.15, 0.2) is 0 Å². The first kappa shape index (κ1) is 14.5. The summed E-state index contributed by atoms with van der Waals surface area (Å²) >= 11 is 3.41. The molecule has 104 valence electrons. The van der Waals surface area contributed by atoms with E-state index in [0.29, 0.717) is 6.54 Å². The molecule has 1 aliphatic heterocycles. The lowest BCUT2D eigenvalue weighted by Gasteiger charge is -2.31. The molecule has 1 aromatic carbocycles. The van der Waals surface area contributed by atoms with Gasteiger partial charge in [0.25, 0.3) is 0 Å². The lowest BCUT2D eigenvalue weighted by Crippen LogP contribution is -2.40. The van der Waals surface area contributed by atoms with Gasteiger partial charge in [0.05, 0.1) is 5.92 Å². The zero-order chi connectivity index (χ0) is 14.2. The Hall–Kier alpha value is -0.870. The molecule has 0 spiro atoms. The van der Waals surface area contributed by atoms with Crippen LogP contribution in [0.2, 0.25) is 0 Å².